The Hall–Kier alpha value is -1.90. The van der Waals surface area contributed by atoms with Crippen molar-refractivity contribution >= 4 is 23.1 Å². The number of hydrogen-bond acceptors (Lipinski definition) is 2. The van der Waals surface area contributed by atoms with Gasteiger partial charge in [-0.25, -0.2) is 0 Å². The molecular formula is C28H27Am2BO2-4. The van der Waals surface area contributed by atoms with E-state index in [1.807, 2.05) is 24.3 Å². The van der Waals surface area contributed by atoms with Crippen LogP contribution in [0.4, 0.5) is 0 Å². The third-order valence-electron chi connectivity index (χ3n) is 7.35. The van der Waals surface area contributed by atoms with Crippen LogP contribution in [-0.4, -0.2) is 6.71 Å². The van der Waals surface area contributed by atoms with E-state index in [4.69, 9.17) is 9.47 Å². The van der Waals surface area contributed by atoms with Gasteiger partial charge in [-0.3, -0.25) is 0 Å². The Morgan fingerprint density at radius 2 is 1.39 bits per heavy atom. The molecule has 2 nitrogen and oxygen atoms in total. The molecule has 2 radical (unpaired) electrons. The van der Waals surface area contributed by atoms with Crippen LogP contribution in [0.5, 0.6) is 23.0 Å². The van der Waals surface area contributed by atoms with Crippen molar-refractivity contribution in [2.75, 3.05) is 0 Å². The summed E-state index contributed by atoms with van der Waals surface area (Å²) in [5, 5.41) is 0. The standard InChI is InChI=1S/C25H19BO2.C2H5.CH3.2Am/c1-3-7-21-19(5-1)26-20-6-2-4-8-22(20)28-24-14-17(13-23(27-21)25(24)26)18-10-9-15-11-16(18)12-15;1-2;;;/h1-2,5-8,13-16,18H,9-12H2;1H2,2H3;1H3;;/q-2;2*-1;;. The fourth-order valence-corrected chi connectivity index (χ4v) is 5.95. The second-order valence-corrected chi connectivity index (χ2v) is 8.78. The van der Waals surface area contributed by atoms with E-state index in [-0.39, 0.29) is 42.7 Å². The maximum Gasteiger partial charge on any atom is 0.208 e. The van der Waals surface area contributed by atoms with Crippen LogP contribution in [0, 0.1) is 66.9 Å². The molecule has 3 saturated carbocycles. The Morgan fingerprint density at radius 1 is 0.848 bits per heavy atom. The Balaban J connectivity index is 0.000000598. The first-order valence-corrected chi connectivity index (χ1v) is 11.1. The predicted octanol–water partition coefficient (Wildman–Crippen LogP) is 5.21. The molecule has 2 bridgehead atoms. The van der Waals surface area contributed by atoms with Crippen LogP contribution in [0.25, 0.3) is 0 Å². The Bertz CT molecular complexity index is 1050. The second kappa shape index (κ2) is 10.2. The van der Waals surface area contributed by atoms with E-state index in [2.05, 4.69) is 43.3 Å². The molecule has 3 aliphatic carbocycles. The first-order valence-electron chi connectivity index (χ1n) is 11.1. The zero-order valence-corrected chi connectivity index (χ0v) is 25.3. The zero-order valence-electron chi connectivity index (χ0n) is 19.0. The summed E-state index contributed by atoms with van der Waals surface area (Å²) in [6.07, 6.45) is 5.47. The third-order valence-corrected chi connectivity index (χ3v) is 7.35. The summed E-state index contributed by atoms with van der Waals surface area (Å²) in [4.78, 5) is 0. The number of benzene rings is 3. The van der Waals surface area contributed by atoms with Crippen LogP contribution in [-0.2, 0) is 0 Å². The van der Waals surface area contributed by atoms with Crippen molar-refractivity contribution in [2.24, 2.45) is 11.8 Å². The first kappa shape index (κ1) is 25.7. The Kier molecular flexibility index (Phi) is 7.92. The topological polar surface area (TPSA) is 18.5 Å². The molecule has 0 N–H and O–H groups in total. The molecule has 0 amide bonds. The number of hydrogen-bond donors (Lipinski definition) is 0. The van der Waals surface area contributed by atoms with Crippen molar-refractivity contribution in [1.82, 2.24) is 0 Å². The molecule has 3 aromatic carbocycles. The van der Waals surface area contributed by atoms with Crippen LogP contribution in [0.2, 0.25) is 0 Å². The van der Waals surface area contributed by atoms with E-state index in [1.54, 1.807) is 6.92 Å². The summed E-state index contributed by atoms with van der Waals surface area (Å²) >= 11 is 0. The van der Waals surface area contributed by atoms with Gasteiger partial charge in [0.2, 0.25) is 6.71 Å². The Labute approximate surface area is 214 Å². The summed E-state index contributed by atoms with van der Waals surface area (Å²) < 4.78 is 12.8. The molecule has 172 valence electrons. The van der Waals surface area contributed by atoms with Crippen molar-refractivity contribution < 1.29 is 38.0 Å². The molecule has 1 unspecified atom stereocenters. The van der Waals surface area contributed by atoms with Crippen LogP contribution in [0.1, 0.15) is 44.1 Å². The monoisotopic (exact) mass is 888 g/mol. The molecule has 2 aliphatic heterocycles. The molecule has 0 aromatic heterocycles. The van der Waals surface area contributed by atoms with E-state index in [0.29, 0.717) is 5.92 Å². The molecule has 5 aliphatic rings. The predicted molar refractivity (Wildman–Crippen MR) is 127 cm³/mol. The van der Waals surface area contributed by atoms with Gasteiger partial charge in [-0.2, -0.15) is 43.3 Å². The summed E-state index contributed by atoms with van der Waals surface area (Å²) in [6.45, 7) is 5.15. The molecule has 2 heterocycles. The van der Waals surface area contributed by atoms with Gasteiger partial charge in [0.05, 0.1) is 0 Å². The quantitative estimate of drug-likeness (QED) is 0.170. The van der Waals surface area contributed by atoms with Crippen LogP contribution in [0.15, 0.2) is 48.5 Å². The number of rotatable bonds is 1. The molecule has 1 atom stereocenters. The molecule has 5 heteroatoms. The van der Waals surface area contributed by atoms with E-state index in [0.717, 1.165) is 34.8 Å². The molecule has 33 heavy (non-hydrogen) atoms. The zero-order chi connectivity index (χ0) is 20.2. The van der Waals surface area contributed by atoms with Crippen molar-refractivity contribution in [3.63, 3.8) is 0 Å². The normalized spacial score (nSPS) is 21.8. The van der Waals surface area contributed by atoms with Gasteiger partial charge < -0.3 is 23.8 Å². The van der Waals surface area contributed by atoms with E-state index in [9.17, 15) is 0 Å². The van der Waals surface area contributed by atoms with Crippen LogP contribution >= 0.6 is 0 Å². The van der Waals surface area contributed by atoms with Crippen LogP contribution in [0.3, 0.4) is 0 Å². The van der Waals surface area contributed by atoms with Crippen molar-refractivity contribution in [2.45, 2.75) is 38.5 Å². The van der Waals surface area contributed by atoms with Crippen molar-refractivity contribution in [3.05, 3.63) is 80.6 Å². The Morgan fingerprint density at radius 3 is 1.88 bits per heavy atom. The summed E-state index contributed by atoms with van der Waals surface area (Å²) in [7, 11) is 0. The van der Waals surface area contributed by atoms with Gasteiger partial charge in [0.1, 0.15) is 11.5 Å². The van der Waals surface area contributed by atoms with Crippen LogP contribution < -0.4 is 25.9 Å². The van der Waals surface area contributed by atoms with Gasteiger partial charge in [-0.05, 0) is 61.1 Å². The van der Waals surface area contributed by atoms with Gasteiger partial charge in [0.25, 0.3) is 0 Å². The van der Waals surface area contributed by atoms with E-state index in [1.165, 1.54) is 47.6 Å². The largest absolute Gasteiger partial charge is 0.518 e. The molecule has 8 rings (SSSR count). The summed E-state index contributed by atoms with van der Waals surface area (Å²) in [5.74, 6) is 6.22. The third kappa shape index (κ3) is 4.00. The van der Waals surface area contributed by atoms with E-state index < -0.39 is 0 Å². The van der Waals surface area contributed by atoms with Gasteiger partial charge in [-0.15, -0.1) is 23.1 Å². The van der Waals surface area contributed by atoms with E-state index >= 15 is 0 Å². The minimum Gasteiger partial charge on any atom is -0.518 e. The maximum atomic E-state index is 6.40. The summed E-state index contributed by atoms with van der Waals surface area (Å²) in [5.41, 5.74) is 4.94. The van der Waals surface area contributed by atoms with Crippen molar-refractivity contribution in [3.8, 4) is 23.0 Å². The fraction of sp³-hybridized carbons (Fsp3) is 0.286. The number of fused-ring (bicyclic) bond motifs is 6. The average molecular weight is 892 g/mol. The van der Waals surface area contributed by atoms with Gasteiger partial charge in [0.15, 0.2) is 0 Å². The van der Waals surface area contributed by atoms with Gasteiger partial charge >= 0.3 is 0 Å². The maximum absolute atomic E-state index is 6.40. The second-order valence-electron chi connectivity index (χ2n) is 8.78. The summed E-state index contributed by atoms with van der Waals surface area (Å²) in [6, 6.07) is 23.1. The smallest absolute Gasteiger partial charge is 0.208 e. The minimum atomic E-state index is 0. The average Bonchev–Trinajstić information content (AvgIpc) is 2.79. The van der Waals surface area contributed by atoms with Gasteiger partial charge in [0, 0.05) is 45.5 Å². The fourth-order valence-electron chi connectivity index (χ4n) is 5.95. The molecular weight excluding hydrogens is 865 g/mol. The SMILES string of the molecule is [Am].[Am].[CH2-]C.[CH3-].[c-]1ccc2c(c1)Oc1cc(C3CCC4CC3C4)cc3c1B2c1cc[c-]cc1O3. The molecule has 3 fully saturated rings. The minimum absolute atomic E-state index is 0. The molecule has 3 aromatic rings. The van der Waals surface area contributed by atoms with Crippen molar-refractivity contribution in [1.29, 1.82) is 0 Å². The molecule has 0 saturated heterocycles. The number of ether oxygens (including phenoxy) is 2. The first-order chi connectivity index (χ1) is 14.8. The van der Waals surface area contributed by atoms with Gasteiger partial charge in [-0.1, -0.05) is 0 Å². The molecule has 0 spiro atoms.